The number of benzene rings is 1. The Morgan fingerprint density at radius 1 is 1.21 bits per heavy atom. The number of rotatable bonds is 5. The third-order valence-electron chi connectivity index (χ3n) is 3.04. The summed E-state index contributed by atoms with van der Waals surface area (Å²) in [6, 6.07) is 6.91. The van der Waals surface area contributed by atoms with Gasteiger partial charge in [-0.05, 0) is 38.8 Å². The van der Waals surface area contributed by atoms with Gasteiger partial charge in [0.25, 0.3) is 5.91 Å². The molecule has 1 unspecified atom stereocenters. The molecular weight excluding hydrogens is 312 g/mol. The molecule has 0 saturated heterocycles. The van der Waals surface area contributed by atoms with E-state index in [1.807, 2.05) is 5.48 Å². The summed E-state index contributed by atoms with van der Waals surface area (Å²) in [7, 11) is 0. The van der Waals surface area contributed by atoms with Crippen molar-refractivity contribution in [2.24, 2.45) is 5.92 Å². The molecule has 0 saturated carbocycles. The predicted octanol–water partition coefficient (Wildman–Crippen LogP) is 1.75. The highest BCUT2D eigenvalue weighted by molar-refractivity contribution is 5.98. The Bertz CT molecular complexity index is 607. The molecule has 0 aliphatic rings. The third-order valence-corrected chi connectivity index (χ3v) is 3.04. The quantitative estimate of drug-likeness (QED) is 0.367. The lowest BCUT2D eigenvalue weighted by Crippen LogP contribution is -2.41. The zero-order valence-corrected chi connectivity index (χ0v) is 14.4. The van der Waals surface area contributed by atoms with Gasteiger partial charge in [-0.3, -0.25) is 9.59 Å². The number of hydroxylamine groups is 1. The molecule has 24 heavy (non-hydrogen) atoms. The van der Waals surface area contributed by atoms with Crippen LogP contribution < -0.4 is 11.2 Å². The zero-order chi connectivity index (χ0) is 18.3. The van der Waals surface area contributed by atoms with Gasteiger partial charge in [0.1, 0.15) is 11.5 Å². The van der Waals surface area contributed by atoms with Crippen LogP contribution in [0.2, 0.25) is 0 Å². The molecule has 7 heteroatoms. The largest absolute Gasteiger partial charge is 0.459 e. The number of ether oxygens (including phenoxy) is 1. The average Bonchev–Trinajstić information content (AvgIpc) is 2.49. The lowest BCUT2D eigenvalue weighted by Gasteiger charge is -2.23. The van der Waals surface area contributed by atoms with Crippen LogP contribution in [-0.4, -0.2) is 23.4 Å². The predicted molar refractivity (Wildman–Crippen MR) is 88.4 cm³/mol. The van der Waals surface area contributed by atoms with Crippen molar-refractivity contribution >= 4 is 23.5 Å². The lowest BCUT2D eigenvalue weighted by atomic mass is 9.97. The molecule has 0 spiro atoms. The van der Waals surface area contributed by atoms with Crippen molar-refractivity contribution in [3.8, 4) is 0 Å². The summed E-state index contributed by atoms with van der Waals surface area (Å²) in [4.78, 5) is 40.4. The van der Waals surface area contributed by atoms with Crippen molar-refractivity contribution in [1.82, 2.24) is 5.48 Å². The second kappa shape index (κ2) is 8.33. The highest BCUT2D eigenvalue weighted by Gasteiger charge is 2.32. The number of carbonyl (C=O) groups is 3. The van der Waals surface area contributed by atoms with Crippen molar-refractivity contribution in [2.75, 3.05) is 5.73 Å². The van der Waals surface area contributed by atoms with E-state index >= 15 is 0 Å². The van der Waals surface area contributed by atoms with Gasteiger partial charge in [-0.1, -0.05) is 25.1 Å². The van der Waals surface area contributed by atoms with Gasteiger partial charge in [-0.15, -0.1) is 0 Å². The number of hydrogen-bond acceptors (Lipinski definition) is 6. The minimum Gasteiger partial charge on any atom is -0.459 e. The van der Waals surface area contributed by atoms with Crippen molar-refractivity contribution in [1.29, 1.82) is 0 Å². The number of nitrogens with one attached hydrogen (secondary N) is 1. The molecule has 0 aliphatic carbocycles. The SMILES string of the molecule is CCC(=O)ONC(=O)C(Cc1ccccc1N)C(=O)OC(C)(C)C. The van der Waals surface area contributed by atoms with E-state index in [4.69, 9.17) is 10.5 Å². The fraction of sp³-hybridized carbons (Fsp3) is 0.471. The molecule has 0 fully saturated rings. The molecule has 3 N–H and O–H groups in total. The van der Waals surface area contributed by atoms with E-state index in [0.29, 0.717) is 11.3 Å². The molecule has 1 aromatic rings. The molecular formula is C17H24N2O5. The summed E-state index contributed by atoms with van der Waals surface area (Å²) in [5.41, 5.74) is 8.22. The van der Waals surface area contributed by atoms with E-state index < -0.39 is 29.4 Å². The van der Waals surface area contributed by atoms with E-state index in [1.165, 1.54) is 0 Å². The maximum absolute atomic E-state index is 12.4. The first-order valence-corrected chi connectivity index (χ1v) is 7.69. The summed E-state index contributed by atoms with van der Waals surface area (Å²) in [6.45, 7) is 6.69. The number of nitrogens with two attached hydrogens (primary N) is 1. The van der Waals surface area contributed by atoms with Gasteiger partial charge in [0.2, 0.25) is 0 Å². The first-order chi connectivity index (χ1) is 11.1. The Labute approximate surface area is 141 Å². The zero-order valence-electron chi connectivity index (χ0n) is 14.4. The van der Waals surface area contributed by atoms with E-state index in [9.17, 15) is 14.4 Å². The second-order valence-corrected chi connectivity index (χ2v) is 6.28. The molecule has 0 heterocycles. The van der Waals surface area contributed by atoms with Crippen molar-refractivity contribution in [2.45, 2.75) is 46.1 Å². The first-order valence-electron chi connectivity index (χ1n) is 7.69. The van der Waals surface area contributed by atoms with Crippen LogP contribution in [0.1, 0.15) is 39.7 Å². The average molecular weight is 336 g/mol. The number of para-hydroxylation sites is 1. The highest BCUT2D eigenvalue weighted by atomic mass is 16.7. The summed E-state index contributed by atoms with van der Waals surface area (Å²) < 4.78 is 5.29. The maximum Gasteiger partial charge on any atom is 0.331 e. The van der Waals surface area contributed by atoms with Crippen molar-refractivity contribution in [3.05, 3.63) is 29.8 Å². The van der Waals surface area contributed by atoms with Gasteiger partial charge >= 0.3 is 11.9 Å². The molecule has 1 aromatic carbocycles. The van der Waals surface area contributed by atoms with Crippen molar-refractivity contribution in [3.63, 3.8) is 0 Å². The summed E-state index contributed by atoms with van der Waals surface area (Å²) in [6.07, 6.45) is 0.139. The number of carbonyl (C=O) groups excluding carboxylic acids is 3. The third kappa shape index (κ3) is 6.28. The normalized spacial score (nSPS) is 12.2. The Morgan fingerprint density at radius 2 is 1.83 bits per heavy atom. The van der Waals surface area contributed by atoms with Crippen LogP contribution in [0, 0.1) is 5.92 Å². The Hall–Kier alpha value is -2.57. The minimum absolute atomic E-state index is 0.0388. The van der Waals surface area contributed by atoms with Gasteiger partial charge in [-0.25, -0.2) is 4.79 Å². The van der Waals surface area contributed by atoms with Crippen LogP contribution in [-0.2, 0) is 30.4 Å². The Balaban J connectivity index is 2.94. The monoisotopic (exact) mass is 336 g/mol. The lowest BCUT2D eigenvalue weighted by molar-refractivity contribution is -0.169. The van der Waals surface area contributed by atoms with Crippen LogP contribution in [0.4, 0.5) is 5.69 Å². The highest BCUT2D eigenvalue weighted by Crippen LogP contribution is 2.19. The number of amides is 1. The van der Waals surface area contributed by atoms with E-state index in [0.717, 1.165) is 0 Å². The molecule has 0 bridgehead atoms. The topological polar surface area (TPSA) is 108 Å². The summed E-state index contributed by atoms with van der Waals surface area (Å²) >= 11 is 0. The van der Waals surface area contributed by atoms with Gasteiger partial charge in [-0.2, -0.15) is 5.48 Å². The molecule has 132 valence electrons. The van der Waals surface area contributed by atoms with E-state index in [2.05, 4.69) is 4.84 Å². The van der Waals surface area contributed by atoms with Crippen LogP contribution in [0.5, 0.6) is 0 Å². The standard InChI is InChI=1S/C17H24N2O5/c1-5-14(20)24-19-15(21)12(16(22)23-17(2,3)4)10-11-8-6-7-9-13(11)18/h6-9,12H,5,10,18H2,1-4H3,(H,19,21). The van der Waals surface area contributed by atoms with Crippen LogP contribution >= 0.6 is 0 Å². The maximum atomic E-state index is 12.4. The molecule has 0 radical (unpaired) electrons. The van der Waals surface area contributed by atoms with Gasteiger partial charge in [0, 0.05) is 12.1 Å². The minimum atomic E-state index is -1.18. The molecule has 0 aromatic heterocycles. The fourth-order valence-corrected chi connectivity index (χ4v) is 1.85. The number of esters is 1. The van der Waals surface area contributed by atoms with E-state index in [1.54, 1.807) is 52.0 Å². The number of hydrogen-bond donors (Lipinski definition) is 2. The molecule has 0 aliphatic heterocycles. The first kappa shape index (κ1) is 19.5. The molecule has 7 nitrogen and oxygen atoms in total. The van der Waals surface area contributed by atoms with Gasteiger partial charge in [0.05, 0.1) is 0 Å². The van der Waals surface area contributed by atoms with Gasteiger partial charge in [0.15, 0.2) is 0 Å². The fourth-order valence-electron chi connectivity index (χ4n) is 1.85. The van der Waals surface area contributed by atoms with Crippen LogP contribution in [0.25, 0.3) is 0 Å². The molecule has 1 rings (SSSR count). The summed E-state index contributed by atoms with van der Waals surface area (Å²) in [5, 5.41) is 0. The van der Waals surface area contributed by atoms with Crippen molar-refractivity contribution < 1.29 is 24.0 Å². The molecule has 1 atom stereocenters. The summed E-state index contributed by atoms with van der Waals surface area (Å²) in [5.74, 6) is -3.26. The van der Waals surface area contributed by atoms with E-state index in [-0.39, 0.29) is 12.8 Å². The molecule has 1 amide bonds. The van der Waals surface area contributed by atoms with Gasteiger partial charge < -0.3 is 15.3 Å². The second-order valence-electron chi connectivity index (χ2n) is 6.28. The van der Waals surface area contributed by atoms with Crippen LogP contribution in [0.15, 0.2) is 24.3 Å². The number of anilines is 1. The van der Waals surface area contributed by atoms with Crippen LogP contribution in [0.3, 0.4) is 0 Å². The number of nitrogen functional groups attached to an aromatic ring is 1. The smallest absolute Gasteiger partial charge is 0.331 e. The Kier molecular flexibility index (Phi) is 6.76. The Morgan fingerprint density at radius 3 is 2.38 bits per heavy atom.